The first-order valence-corrected chi connectivity index (χ1v) is 10.8. The molecule has 1 fully saturated rings. The van der Waals surface area contributed by atoms with Gasteiger partial charge in [0.15, 0.2) is 5.96 Å². The van der Waals surface area contributed by atoms with Crippen molar-refractivity contribution in [3.8, 4) is 0 Å². The number of guanidine groups is 1. The second-order valence-electron chi connectivity index (χ2n) is 8.70. The van der Waals surface area contributed by atoms with Crippen LogP contribution in [0.25, 0.3) is 0 Å². The molecule has 1 saturated heterocycles. The van der Waals surface area contributed by atoms with E-state index in [0.717, 1.165) is 50.1 Å². The normalized spacial score (nSPS) is 15.5. The number of aliphatic imine (C=N–C) groups is 1. The van der Waals surface area contributed by atoms with Crippen LogP contribution in [0.1, 0.15) is 44.6 Å². The lowest BCUT2D eigenvalue weighted by atomic mass is 10.2. The molecule has 0 unspecified atom stereocenters. The smallest absolute Gasteiger partial charge is 0.410 e. The number of amides is 1. The fraction of sp³-hybridized carbons (Fsp3) is 0.762. The Balaban J connectivity index is 0.00000480. The van der Waals surface area contributed by atoms with Crippen molar-refractivity contribution in [2.45, 2.75) is 53.7 Å². The first kappa shape index (κ1) is 27.5. The quantitative estimate of drug-likeness (QED) is 0.322. The van der Waals surface area contributed by atoms with Crippen LogP contribution >= 0.6 is 24.0 Å². The second-order valence-corrected chi connectivity index (χ2v) is 8.70. The average Bonchev–Trinajstić information content (AvgIpc) is 2.90. The van der Waals surface area contributed by atoms with Crippen LogP contribution in [-0.2, 0) is 18.3 Å². The van der Waals surface area contributed by atoms with E-state index in [1.165, 1.54) is 5.56 Å². The van der Waals surface area contributed by atoms with E-state index in [4.69, 9.17) is 9.73 Å². The summed E-state index contributed by atoms with van der Waals surface area (Å²) in [6, 6.07) is 0. The zero-order chi connectivity index (χ0) is 22.3. The highest BCUT2D eigenvalue weighted by molar-refractivity contribution is 14.0. The molecule has 9 nitrogen and oxygen atoms in total. The third-order valence-corrected chi connectivity index (χ3v) is 5.14. The molecule has 1 aromatic heterocycles. The molecule has 0 bridgehead atoms. The van der Waals surface area contributed by atoms with Gasteiger partial charge in [0, 0.05) is 64.1 Å². The zero-order valence-corrected chi connectivity index (χ0v) is 22.4. The van der Waals surface area contributed by atoms with Gasteiger partial charge in [0.25, 0.3) is 0 Å². The Morgan fingerprint density at radius 1 is 1.16 bits per heavy atom. The minimum absolute atomic E-state index is 0. The molecular weight excluding hydrogens is 509 g/mol. The molecule has 0 spiro atoms. The molecule has 0 radical (unpaired) electrons. The monoisotopic (exact) mass is 549 g/mol. The lowest BCUT2D eigenvalue weighted by Crippen LogP contribution is -2.51. The Morgan fingerprint density at radius 3 is 2.32 bits per heavy atom. The second kappa shape index (κ2) is 12.5. The molecule has 2 N–H and O–H groups in total. The number of nitrogens with one attached hydrogen (secondary N) is 2. The topological polar surface area (TPSA) is 87.0 Å². The largest absolute Gasteiger partial charge is 0.444 e. The summed E-state index contributed by atoms with van der Waals surface area (Å²) in [6.07, 6.45) is -0.220. The summed E-state index contributed by atoms with van der Waals surface area (Å²) in [6.45, 7) is 18.1. The predicted octanol–water partition coefficient (Wildman–Crippen LogP) is 2.26. The summed E-state index contributed by atoms with van der Waals surface area (Å²) in [5.41, 5.74) is 2.90. The van der Waals surface area contributed by atoms with E-state index in [9.17, 15) is 4.79 Å². The molecule has 2 rings (SSSR count). The van der Waals surface area contributed by atoms with Crippen LogP contribution < -0.4 is 10.6 Å². The number of carbonyl (C=O) groups excluding carboxylic acids is 1. The van der Waals surface area contributed by atoms with Gasteiger partial charge in [-0.05, 0) is 41.5 Å². The molecule has 0 saturated carbocycles. The minimum Gasteiger partial charge on any atom is -0.444 e. The van der Waals surface area contributed by atoms with Crippen molar-refractivity contribution in [3.63, 3.8) is 0 Å². The number of nitrogens with zero attached hydrogens (tertiary/aromatic N) is 5. The maximum absolute atomic E-state index is 12.2. The van der Waals surface area contributed by atoms with Gasteiger partial charge in [0.2, 0.25) is 0 Å². The molecule has 1 aliphatic heterocycles. The molecule has 10 heteroatoms. The Morgan fingerprint density at radius 2 is 1.81 bits per heavy atom. The number of piperazine rings is 1. The van der Waals surface area contributed by atoms with Crippen molar-refractivity contribution in [1.29, 1.82) is 0 Å². The highest BCUT2D eigenvalue weighted by Crippen LogP contribution is 2.13. The predicted molar refractivity (Wildman–Crippen MR) is 135 cm³/mol. The highest BCUT2D eigenvalue weighted by atomic mass is 127. The van der Waals surface area contributed by atoms with E-state index in [0.29, 0.717) is 19.6 Å². The number of hydrogen-bond acceptors (Lipinski definition) is 5. The number of halogens is 1. The fourth-order valence-corrected chi connectivity index (χ4v) is 3.36. The summed E-state index contributed by atoms with van der Waals surface area (Å²) in [7, 11) is 1.96. The van der Waals surface area contributed by atoms with Crippen LogP contribution in [0.5, 0.6) is 0 Å². The van der Waals surface area contributed by atoms with Crippen LogP contribution in [-0.4, -0.2) is 83.0 Å². The molecule has 2 heterocycles. The molecule has 178 valence electrons. The number of rotatable bonds is 6. The van der Waals surface area contributed by atoms with Crippen molar-refractivity contribution in [3.05, 3.63) is 17.0 Å². The number of aromatic nitrogens is 2. The fourth-order valence-electron chi connectivity index (χ4n) is 3.36. The summed E-state index contributed by atoms with van der Waals surface area (Å²) in [5, 5.41) is 11.2. The van der Waals surface area contributed by atoms with Crippen molar-refractivity contribution in [1.82, 2.24) is 30.2 Å². The standard InChI is InChI=1S/C21H39N7O2.HI/c1-8-22-19(24-15-18-16(2)25-26(7)17(18)3)23-9-10-27-11-13-28(14-12-27)20(29)30-21(4,5)6;/h8-15H2,1-7H3,(H2,22,23,24);1H. The van der Waals surface area contributed by atoms with E-state index < -0.39 is 5.60 Å². The maximum Gasteiger partial charge on any atom is 0.410 e. The third-order valence-electron chi connectivity index (χ3n) is 5.14. The number of aryl methyl sites for hydroxylation is 2. The number of hydrogen-bond donors (Lipinski definition) is 2. The molecule has 1 aliphatic rings. The van der Waals surface area contributed by atoms with Crippen molar-refractivity contribution >= 4 is 36.0 Å². The minimum atomic E-state index is -0.451. The van der Waals surface area contributed by atoms with Crippen LogP contribution in [0.2, 0.25) is 0 Å². The molecule has 0 aromatic carbocycles. The molecular formula is C21H40IN7O2. The summed E-state index contributed by atoms with van der Waals surface area (Å²) < 4.78 is 7.36. The Hall–Kier alpha value is -1.56. The van der Waals surface area contributed by atoms with Crippen LogP contribution in [0.15, 0.2) is 4.99 Å². The van der Waals surface area contributed by atoms with Crippen molar-refractivity contribution in [2.24, 2.45) is 12.0 Å². The van der Waals surface area contributed by atoms with Gasteiger partial charge in [-0.25, -0.2) is 9.79 Å². The van der Waals surface area contributed by atoms with Crippen LogP contribution in [0.3, 0.4) is 0 Å². The lowest BCUT2D eigenvalue weighted by Gasteiger charge is -2.35. The van der Waals surface area contributed by atoms with E-state index in [-0.39, 0.29) is 30.1 Å². The van der Waals surface area contributed by atoms with Gasteiger partial charge in [-0.15, -0.1) is 24.0 Å². The van der Waals surface area contributed by atoms with Crippen molar-refractivity contribution < 1.29 is 9.53 Å². The average molecular weight is 550 g/mol. The summed E-state index contributed by atoms with van der Waals surface area (Å²) in [4.78, 5) is 21.0. The van der Waals surface area contributed by atoms with Crippen LogP contribution in [0, 0.1) is 13.8 Å². The highest BCUT2D eigenvalue weighted by Gasteiger charge is 2.25. The molecule has 1 aromatic rings. The first-order chi connectivity index (χ1) is 14.1. The Kier molecular flexibility index (Phi) is 11.1. The van der Waals surface area contributed by atoms with Gasteiger partial charge in [-0.3, -0.25) is 9.58 Å². The van der Waals surface area contributed by atoms with E-state index >= 15 is 0 Å². The van der Waals surface area contributed by atoms with Crippen molar-refractivity contribution in [2.75, 3.05) is 45.8 Å². The van der Waals surface area contributed by atoms with Gasteiger partial charge in [-0.2, -0.15) is 5.10 Å². The molecule has 0 atom stereocenters. The number of ether oxygens (including phenoxy) is 1. The molecule has 1 amide bonds. The van der Waals surface area contributed by atoms with Gasteiger partial charge >= 0.3 is 6.09 Å². The summed E-state index contributed by atoms with van der Waals surface area (Å²) >= 11 is 0. The van der Waals surface area contributed by atoms with E-state index in [1.807, 2.05) is 39.4 Å². The van der Waals surface area contributed by atoms with Gasteiger partial charge in [0.05, 0.1) is 12.2 Å². The van der Waals surface area contributed by atoms with E-state index in [2.05, 4.69) is 34.5 Å². The van der Waals surface area contributed by atoms with E-state index in [1.54, 1.807) is 4.90 Å². The lowest BCUT2D eigenvalue weighted by molar-refractivity contribution is 0.0147. The van der Waals surface area contributed by atoms with Gasteiger partial charge in [-0.1, -0.05) is 0 Å². The third kappa shape index (κ3) is 8.83. The zero-order valence-electron chi connectivity index (χ0n) is 20.1. The SMILES string of the molecule is CCNC(=NCc1c(C)nn(C)c1C)NCCN1CCN(C(=O)OC(C)(C)C)CC1.I. The van der Waals surface area contributed by atoms with Gasteiger partial charge < -0.3 is 20.3 Å². The molecule has 31 heavy (non-hydrogen) atoms. The Bertz CT molecular complexity index is 735. The Labute approximate surface area is 204 Å². The number of carbonyl (C=O) groups is 1. The first-order valence-electron chi connectivity index (χ1n) is 10.8. The molecule has 0 aliphatic carbocycles. The van der Waals surface area contributed by atoms with Crippen LogP contribution in [0.4, 0.5) is 4.79 Å². The maximum atomic E-state index is 12.2. The summed E-state index contributed by atoms with van der Waals surface area (Å²) in [5.74, 6) is 0.813. The van der Waals surface area contributed by atoms with Gasteiger partial charge in [0.1, 0.15) is 5.60 Å².